The molecule has 160 valence electrons. The molecule has 3 heterocycles. The summed E-state index contributed by atoms with van der Waals surface area (Å²) in [6, 6.07) is 12.9. The van der Waals surface area contributed by atoms with E-state index in [1.807, 2.05) is 23.1 Å². The number of piperazine rings is 1. The average Bonchev–Trinajstić information content (AvgIpc) is 3.62. The van der Waals surface area contributed by atoms with Crippen LogP contribution in [0.1, 0.15) is 36.5 Å². The molecule has 1 aromatic heterocycles. The van der Waals surface area contributed by atoms with Gasteiger partial charge in [0, 0.05) is 42.8 Å². The molecule has 1 atom stereocenters. The number of rotatable bonds is 3. The average molecular weight is 418 g/mol. The number of hydrogen-bond acceptors (Lipinski definition) is 5. The molecule has 1 N–H and O–H groups in total. The largest absolute Gasteiger partial charge is 0.376 e. The first-order valence-corrected chi connectivity index (χ1v) is 11.1. The summed E-state index contributed by atoms with van der Waals surface area (Å²) in [4.78, 5) is 21.7. The maximum atomic E-state index is 12.6. The van der Waals surface area contributed by atoms with Crippen LogP contribution in [-0.4, -0.2) is 54.2 Å². The van der Waals surface area contributed by atoms with Gasteiger partial charge in [-0.15, -0.1) is 0 Å². The van der Waals surface area contributed by atoms with Crippen molar-refractivity contribution in [1.82, 2.24) is 15.2 Å². The van der Waals surface area contributed by atoms with Gasteiger partial charge in [-0.05, 0) is 31.7 Å². The van der Waals surface area contributed by atoms with Crippen LogP contribution in [0, 0.1) is 11.3 Å². The molecule has 0 bridgehead atoms. The Bertz CT molecular complexity index is 1030. The van der Waals surface area contributed by atoms with Crippen LogP contribution in [0.2, 0.25) is 0 Å². The van der Waals surface area contributed by atoms with Crippen LogP contribution in [0.5, 0.6) is 0 Å². The molecule has 0 radical (unpaired) electrons. The van der Waals surface area contributed by atoms with Gasteiger partial charge in [-0.25, -0.2) is 9.78 Å². The zero-order valence-electron chi connectivity index (χ0n) is 17.8. The fourth-order valence-electron chi connectivity index (χ4n) is 4.56. The van der Waals surface area contributed by atoms with E-state index in [4.69, 9.17) is 9.72 Å². The summed E-state index contributed by atoms with van der Waals surface area (Å²) in [5, 5.41) is 13.1. The third-order valence-corrected chi connectivity index (χ3v) is 6.39. The number of nitrogens with one attached hydrogen (secondary N) is 1. The van der Waals surface area contributed by atoms with E-state index in [-0.39, 0.29) is 12.1 Å². The summed E-state index contributed by atoms with van der Waals surface area (Å²) < 4.78 is 5.72. The van der Waals surface area contributed by atoms with E-state index < -0.39 is 0 Å². The molecular formula is C24H27N5O2. The molecule has 0 spiro atoms. The van der Waals surface area contributed by atoms with Gasteiger partial charge in [0.1, 0.15) is 11.9 Å². The van der Waals surface area contributed by atoms with E-state index in [0.29, 0.717) is 50.9 Å². The molecule has 2 amide bonds. The van der Waals surface area contributed by atoms with Gasteiger partial charge in [0.2, 0.25) is 0 Å². The van der Waals surface area contributed by atoms with Crippen LogP contribution >= 0.6 is 0 Å². The molecule has 0 unspecified atom stereocenters. The number of pyridine rings is 1. The number of nitriles is 1. The Labute approximate surface area is 182 Å². The SMILES string of the molecule is C[C@@H]1CN(c2nc(-c3ccccc3)c3c(c2C#N)CCOC3)CCN1C(=O)NC1CC1. The highest BCUT2D eigenvalue weighted by molar-refractivity contribution is 5.76. The molecule has 1 saturated heterocycles. The van der Waals surface area contributed by atoms with Crippen LogP contribution in [-0.2, 0) is 17.8 Å². The molecule has 31 heavy (non-hydrogen) atoms. The highest BCUT2D eigenvalue weighted by atomic mass is 16.5. The number of aromatic nitrogens is 1. The minimum absolute atomic E-state index is 0.0238. The number of anilines is 1. The van der Waals surface area contributed by atoms with Gasteiger partial charge in [0.05, 0.1) is 24.5 Å². The lowest BCUT2D eigenvalue weighted by Crippen LogP contribution is -2.57. The number of fused-ring (bicyclic) bond motifs is 1. The lowest BCUT2D eigenvalue weighted by Gasteiger charge is -2.41. The first kappa shape index (κ1) is 19.8. The van der Waals surface area contributed by atoms with Crippen molar-refractivity contribution in [3.05, 3.63) is 47.0 Å². The van der Waals surface area contributed by atoms with Crippen molar-refractivity contribution < 1.29 is 9.53 Å². The van der Waals surface area contributed by atoms with Crippen molar-refractivity contribution in [2.45, 2.75) is 44.9 Å². The lowest BCUT2D eigenvalue weighted by molar-refractivity contribution is 0.111. The van der Waals surface area contributed by atoms with Gasteiger partial charge in [0.25, 0.3) is 0 Å². The quantitative estimate of drug-likeness (QED) is 0.830. The molecule has 3 aliphatic rings. The Hall–Kier alpha value is -3.11. The standard InChI is InChI=1S/C24H27N5O2/c1-16-14-28(10-11-29(16)24(30)26-18-7-8-18)23-20(13-25)19-9-12-31-15-21(19)22(27-23)17-5-3-2-4-6-17/h2-6,16,18H,7-12,14-15H2,1H3,(H,26,30)/t16-/m1/s1. The fraction of sp³-hybridized carbons (Fsp3) is 0.458. The molecule has 2 aromatic rings. The minimum Gasteiger partial charge on any atom is -0.376 e. The number of ether oxygens (including phenoxy) is 1. The number of carbonyl (C=O) groups excluding carboxylic acids is 1. The third-order valence-electron chi connectivity index (χ3n) is 6.39. The van der Waals surface area contributed by atoms with Gasteiger partial charge in [-0.3, -0.25) is 0 Å². The first-order chi connectivity index (χ1) is 15.2. The van der Waals surface area contributed by atoms with E-state index in [1.54, 1.807) is 0 Å². The number of amides is 2. The Morgan fingerprint density at radius 2 is 2.03 bits per heavy atom. The van der Waals surface area contributed by atoms with Gasteiger partial charge < -0.3 is 19.9 Å². The summed E-state index contributed by atoms with van der Waals surface area (Å²) in [6.45, 7) is 5.09. The molecule has 7 heteroatoms. The van der Waals surface area contributed by atoms with Gasteiger partial charge >= 0.3 is 6.03 Å². The second-order valence-corrected chi connectivity index (χ2v) is 8.61. The zero-order chi connectivity index (χ0) is 21.4. The predicted octanol–water partition coefficient (Wildman–Crippen LogP) is 3.08. The predicted molar refractivity (Wildman–Crippen MR) is 118 cm³/mol. The normalized spacial score (nSPS) is 20.7. The second kappa shape index (κ2) is 8.20. The second-order valence-electron chi connectivity index (χ2n) is 8.61. The van der Waals surface area contributed by atoms with Crippen molar-refractivity contribution in [3.8, 4) is 17.3 Å². The summed E-state index contributed by atoms with van der Waals surface area (Å²) in [7, 11) is 0. The Morgan fingerprint density at radius 3 is 2.74 bits per heavy atom. The summed E-state index contributed by atoms with van der Waals surface area (Å²) >= 11 is 0. The lowest BCUT2D eigenvalue weighted by atomic mass is 9.93. The van der Waals surface area contributed by atoms with Crippen molar-refractivity contribution in [1.29, 1.82) is 5.26 Å². The highest BCUT2D eigenvalue weighted by Gasteiger charge is 2.33. The Morgan fingerprint density at radius 1 is 1.23 bits per heavy atom. The van der Waals surface area contributed by atoms with E-state index in [0.717, 1.165) is 41.0 Å². The molecule has 5 rings (SSSR count). The number of urea groups is 1. The number of benzene rings is 1. The monoisotopic (exact) mass is 417 g/mol. The van der Waals surface area contributed by atoms with Crippen LogP contribution in [0.3, 0.4) is 0 Å². The molecule has 7 nitrogen and oxygen atoms in total. The molecule has 2 fully saturated rings. The molecular weight excluding hydrogens is 390 g/mol. The highest BCUT2D eigenvalue weighted by Crippen LogP contribution is 2.35. The van der Waals surface area contributed by atoms with Crippen LogP contribution in [0.4, 0.5) is 10.6 Å². The number of nitrogens with zero attached hydrogens (tertiary/aromatic N) is 4. The van der Waals surface area contributed by atoms with Crippen LogP contribution in [0.15, 0.2) is 30.3 Å². The van der Waals surface area contributed by atoms with E-state index in [1.165, 1.54) is 0 Å². The van der Waals surface area contributed by atoms with E-state index in [9.17, 15) is 10.1 Å². The smallest absolute Gasteiger partial charge is 0.317 e. The Balaban J connectivity index is 1.49. The molecule has 1 aromatic carbocycles. The van der Waals surface area contributed by atoms with E-state index in [2.05, 4.69) is 35.3 Å². The third kappa shape index (κ3) is 3.84. The van der Waals surface area contributed by atoms with Crippen LogP contribution < -0.4 is 10.2 Å². The van der Waals surface area contributed by atoms with Gasteiger partial charge in [-0.2, -0.15) is 5.26 Å². The van der Waals surface area contributed by atoms with Gasteiger partial charge in [0.15, 0.2) is 0 Å². The number of hydrogen-bond donors (Lipinski definition) is 1. The van der Waals surface area contributed by atoms with Crippen LogP contribution in [0.25, 0.3) is 11.3 Å². The maximum Gasteiger partial charge on any atom is 0.317 e. The molecule has 1 saturated carbocycles. The van der Waals surface area contributed by atoms with Crippen molar-refractivity contribution >= 4 is 11.8 Å². The van der Waals surface area contributed by atoms with Crippen molar-refractivity contribution in [3.63, 3.8) is 0 Å². The van der Waals surface area contributed by atoms with Crippen molar-refractivity contribution in [2.24, 2.45) is 0 Å². The minimum atomic E-state index is 0.0238. The number of carbonyl (C=O) groups is 1. The summed E-state index contributed by atoms with van der Waals surface area (Å²) in [6.07, 6.45) is 2.88. The summed E-state index contributed by atoms with van der Waals surface area (Å²) in [5.41, 5.74) is 4.66. The van der Waals surface area contributed by atoms with E-state index >= 15 is 0 Å². The fourth-order valence-corrected chi connectivity index (χ4v) is 4.56. The molecule has 1 aliphatic carbocycles. The topological polar surface area (TPSA) is 81.5 Å². The molecule has 2 aliphatic heterocycles. The maximum absolute atomic E-state index is 12.6. The zero-order valence-corrected chi connectivity index (χ0v) is 17.8. The summed E-state index contributed by atoms with van der Waals surface area (Å²) in [5.74, 6) is 0.733. The van der Waals surface area contributed by atoms with Gasteiger partial charge in [-0.1, -0.05) is 30.3 Å². The Kier molecular flexibility index (Phi) is 5.24. The first-order valence-electron chi connectivity index (χ1n) is 11.1. The van der Waals surface area contributed by atoms with Crippen molar-refractivity contribution in [2.75, 3.05) is 31.1 Å².